The highest BCUT2D eigenvalue weighted by Crippen LogP contribution is 2.24. The van der Waals surface area contributed by atoms with Crippen LogP contribution in [0.4, 0.5) is 9.18 Å². The molecule has 0 spiro atoms. The number of amides is 2. The van der Waals surface area contributed by atoms with Crippen molar-refractivity contribution in [3.05, 3.63) is 35.6 Å². The van der Waals surface area contributed by atoms with Gasteiger partial charge in [-0.3, -0.25) is 0 Å². The Morgan fingerprint density at radius 1 is 1.33 bits per heavy atom. The van der Waals surface area contributed by atoms with E-state index in [-0.39, 0.29) is 23.9 Å². The molecule has 4 nitrogen and oxygen atoms in total. The van der Waals surface area contributed by atoms with Gasteiger partial charge in [-0.05, 0) is 43.4 Å². The first-order valence-corrected chi connectivity index (χ1v) is 7.59. The second kappa shape index (κ2) is 7.98. The van der Waals surface area contributed by atoms with Gasteiger partial charge in [-0.15, -0.1) is 0 Å². The number of nitrogens with one attached hydrogen (secondary N) is 2. The number of aliphatic hydroxyl groups excluding tert-OH is 1. The number of carbonyl (C=O) groups is 1. The first-order valence-electron chi connectivity index (χ1n) is 7.59. The molecule has 1 aromatic rings. The second-order valence-corrected chi connectivity index (χ2v) is 5.63. The standard InChI is InChI=1S/C16H23FN2O2/c17-14-7-1-4-12(10-14)5-3-9-18-16(21)19-11-13-6-2-8-15(13)20/h1,4,7,10,13,15,20H,2-3,5-6,8-9,11H2,(H2,18,19,21)/t13-,15+/m1/s1. The molecule has 2 amide bonds. The van der Waals surface area contributed by atoms with Gasteiger partial charge in [0.2, 0.25) is 0 Å². The molecule has 0 saturated heterocycles. The lowest BCUT2D eigenvalue weighted by molar-refractivity contribution is 0.132. The predicted molar refractivity (Wildman–Crippen MR) is 79.5 cm³/mol. The van der Waals surface area contributed by atoms with Gasteiger partial charge in [0, 0.05) is 19.0 Å². The molecule has 0 unspecified atom stereocenters. The number of benzene rings is 1. The number of rotatable bonds is 6. The summed E-state index contributed by atoms with van der Waals surface area (Å²) in [5.41, 5.74) is 0.936. The first kappa shape index (κ1) is 15.8. The van der Waals surface area contributed by atoms with E-state index in [2.05, 4.69) is 10.6 Å². The van der Waals surface area contributed by atoms with Crippen LogP contribution in [-0.2, 0) is 6.42 Å². The first-order chi connectivity index (χ1) is 10.1. The molecule has 0 heterocycles. The summed E-state index contributed by atoms with van der Waals surface area (Å²) in [6, 6.07) is 6.31. The third-order valence-electron chi connectivity index (χ3n) is 3.96. The van der Waals surface area contributed by atoms with Crippen molar-refractivity contribution in [3.63, 3.8) is 0 Å². The van der Waals surface area contributed by atoms with Crippen molar-refractivity contribution in [2.24, 2.45) is 5.92 Å². The molecule has 21 heavy (non-hydrogen) atoms. The van der Waals surface area contributed by atoms with Crippen LogP contribution in [0.1, 0.15) is 31.2 Å². The molecule has 116 valence electrons. The molecule has 0 aliphatic heterocycles. The van der Waals surface area contributed by atoms with E-state index < -0.39 is 0 Å². The molecule has 3 N–H and O–H groups in total. The average Bonchev–Trinajstić information content (AvgIpc) is 2.87. The number of hydrogen-bond acceptors (Lipinski definition) is 2. The number of aliphatic hydroxyl groups is 1. The molecule has 2 atom stereocenters. The van der Waals surface area contributed by atoms with Crippen LogP contribution in [-0.4, -0.2) is 30.3 Å². The number of carbonyl (C=O) groups excluding carboxylic acids is 1. The highest BCUT2D eigenvalue weighted by atomic mass is 19.1. The van der Waals surface area contributed by atoms with Crippen LogP contribution in [0.25, 0.3) is 0 Å². The molecule has 1 saturated carbocycles. The van der Waals surface area contributed by atoms with Gasteiger partial charge in [0.1, 0.15) is 5.82 Å². The van der Waals surface area contributed by atoms with Gasteiger partial charge in [-0.2, -0.15) is 0 Å². The fraction of sp³-hybridized carbons (Fsp3) is 0.562. The Morgan fingerprint density at radius 2 is 2.19 bits per heavy atom. The Morgan fingerprint density at radius 3 is 2.90 bits per heavy atom. The minimum atomic E-state index is -0.279. The fourth-order valence-corrected chi connectivity index (χ4v) is 2.73. The monoisotopic (exact) mass is 294 g/mol. The summed E-state index contributed by atoms with van der Waals surface area (Å²) in [6.45, 7) is 1.08. The molecule has 1 fully saturated rings. The molecule has 1 aromatic carbocycles. The van der Waals surface area contributed by atoms with Gasteiger partial charge in [-0.1, -0.05) is 18.6 Å². The Balaban J connectivity index is 1.57. The van der Waals surface area contributed by atoms with Crippen LogP contribution >= 0.6 is 0 Å². The van der Waals surface area contributed by atoms with Crippen molar-refractivity contribution in [2.45, 2.75) is 38.2 Å². The topological polar surface area (TPSA) is 61.4 Å². The highest BCUT2D eigenvalue weighted by Gasteiger charge is 2.25. The molecule has 2 rings (SSSR count). The third-order valence-corrected chi connectivity index (χ3v) is 3.96. The van der Waals surface area contributed by atoms with E-state index in [0.717, 1.165) is 37.7 Å². The Kier molecular flexibility index (Phi) is 5.99. The van der Waals surface area contributed by atoms with Gasteiger partial charge in [-0.25, -0.2) is 9.18 Å². The maximum absolute atomic E-state index is 13.0. The minimum absolute atomic E-state index is 0.183. The van der Waals surface area contributed by atoms with Crippen molar-refractivity contribution in [2.75, 3.05) is 13.1 Å². The summed E-state index contributed by atoms with van der Waals surface area (Å²) in [5, 5.41) is 15.2. The van der Waals surface area contributed by atoms with E-state index in [0.29, 0.717) is 13.1 Å². The Bertz CT molecular complexity index is 467. The summed E-state index contributed by atoms with van der Waals surface area (Å²) in [4.78, 5) is 11.6. The molecule has 0 bridgehead atoms. The molecular formula is C16H23FN2O2. The van der Waals surface area contributed by atoms with Crippen LogP contribution < -0.4 is 10.6 Å². The van der Waals surface area contributed by atoms with Crippen LogP contribution in [0.2, 0.25) is 0 Å². The van der Waals surface area contributed by atoms with E-state index in [1.165, 1.54) is 12.1 Å². The minimum Gasteiger partial charge on any atom is -0.393 e. The van der Waals surface area contributed by atoms with E-state index in [1.54, 1.807) is 6.07 Å². The maximum atomic E-state index is 13.0. The quantitative estimate of drug-likeness (QED) is 0.705. The van der Waals surface area contributed by atoms with Gasteiger partial charge in [0.25, 0.3) is 0 Å². The molecular weight excluding hydrogens is 271 g/mol. The molecule has 0 aromatic heterocycles. The Labute approximate surface area is 124 Å². The van der Waals surface area contributed by atoms with Crippen LogP contribution in [0, 0.1) is 11.7 Å². The van der Waals surface area contributed by atoms with E-state index in [9.17, 15) is 14.3 Å². The molecule has 1 aliphatic carbocycles. The largest absolute Gasteiger partial charge is 0.393 e. The fourth-order valence-electron chi connectivity index (χ4n) is 2.73. The lowest BCUT2D eigenvalue weighted by Crippen LogP contribution is -2.40. The van der Waals surface area contributed by atoms with Gasteiger partial charge >= 0.3 is 6.03 Å². The van der Waals surface area contributed by atoms with Crippen molar-refractivity contribution < 1.29 is 14.3 Å². The van der Waals surface area contributed by atoms with Crippen molar-refractivity contribution in [1.29, 1.82) is 0 Å². The average molecular weight is 294 g/mol. The summed E-state index contributed by atoms with van der Waals surface area (Å²) in [7, 11) is 0. The number of hydrogen-bond donors (Lipinski definition) is 3. The van der Waals surface area contributed by atoms with Crippen LogP contribution in [0.5, 0.6) is 0 Å². The summed E-state index contributed by atoms with van der Waals surface area (Å²) in [6.07, 6.45) is 4.06. The number of halogens is 1. The van der Waals surface area contributed by atoms with E-state index in [4.69, 9.17) is 0 Å². The lowest BCUT2D eigenvalue weighted by Gasteiger charge is -2.15. The SMILES string of the molecule is O=C(NCCCc1cccc(F)c1)NC[C@H]1CCC[C@@H]1O. The third kappa shape index (κ3) is 5.34. The molecule has 0 radical (unpaired) electrons. The van der Waals surface area contributed by atoms with Crippen LogP contribution in [0.15, 0.2) is 24.3 Å². The van der Waals surface area contributed by atoms with Gasteiger partial charge < -0.3 is 15.7 Å². The van der Waals surface area contributed by atoms with Crippen LogP contribution in [0.3, 0.4) is 0 Å². The summed E-state index contributed by atoms with van der Waals surface area (Å²) in [5.74, 6) is -0.0450. The normalized spacial score (nSPS) is 21.2. The molecule has 1 aliphatic rings. The Hall–Kier alpha value is -1.62. The van der Waals surface area contributed by atoms with E-state index in [1.807, 2.05) is 6.07 Å². The number of aryl methyl sites for hydroxylation is 1. The summed E-state index contributed by atoms with van der Waals surface area (Å²) < 4.78 is 13.0. The predicted octanol–water partition coefficient (Wildman–Crippen LogP) is 2.22. The highest BCUT2D eigenvalue weighted by molar-refractivity contribution is 5.73. The smallest absolute Gasteiger partial charge is 0.314 e. The van der Waals surface area contributed by atoms with Gasteiger partial charge in [0.15, 0.2) is 0 Å². The lowest BCUT2D eigenvalue weighted by atomic mass is 10.1. The maximum Gasteiger partial charge on any atom is 0.314 e. The van der Waals surface area contributed by atoms with E-state index >= 15 is 0 Å². The zero-order valence-corrected chi connectivity index (χ0v) is 12.1. The van der Waals surface area contributed by atoms with Gasteiger partial charge in [0.05, 0.1) is 6.10 Å². The van der Waals surface area contributed by atoms with Crippen molar-refractivity contribution in [1.82, 2.24) is 10.6 Å². The second-order valence-electron chi connectivity index (χ2n) is 5.63. The van der Waals surface area contributed by atoms with Crippen molar-refractivity contribution >= 4 is 6.03 Å². The number of urea groups is 1. The molecule has 5 heteroatoms. The zero-order chi connectivity index (χ0) is 15.1. The van der Waals surface area contributed by atoms with Crippen molar-refractivity contribution in [3.8, 4) is 0 Å². The summed E-state index contributed by atoms with van der Waals surface area (Å²) >= 11 is 0. The zero-order valence-electron chi connectivity index (χ0n) is 12.1.